The van der Waals surface area contributed by atoms with E-state index in [9.17, 15) is 0 Å². The Morgan fingerprint density at radius 1 is 1.16 bits per heavy atom. The number of hydrogen-bond acceptors (Lipinski definition) is 4. The zero-order valence-electron chi connectivity index (χ0n) is 12.0. The molecule has 2 fully saturated rings. The second kappa shape index (κ2) is 5.45. The van der Waals surface area contributed by atoms with Crippen LogP contribution in [0.4, 0.5) is 5.82 Å². The van der Waals surface area contributed by atoms with E-state index >= 15 is 0 Å². The summed E-state index contributed by atoms with van der Waals surface area (Å²) in [6, 6.07) is 2.90. The monoisotopic (exact) mass is 260 g/mol. The van der Waals surface area contributed by atoms with Gasteiger partial charge in [0.15, 0.2) is 0 Å². The van der Waals surface area contributed by atoms with Crippen molar-refractivity contribution in [3.05, 3.63) is 18.1 Å². The van der Waals surface area contributed by atoms with Gasteiger partial charge in [-0.15, -0.1) is 0 Å². The average molecular weight is 260 g/mol. The third-order valence-electron chi connectivity index (χ3n) is 4.41. The molecule has 0 bridgehead atoms. The van der Waals surface area contributed by atoms with Crippen LogP contribution in [0.3, 0.4) is 0 Å². The van der Waals surface area contributed by atoms with E-state index in [1.54, 1.807) is 6.33 Å². The van der Waals surface area contributed by atoms with E-state index in [-0.39, 0.29) is 0 Å². The van der Waals surface area contributed by atoms with Crippen LogP contribution < -0.4 is 4.90 Å². The fraction of sp³-hybridized carbons (Fsp3) is 0.733. The first-order valence-electron chi connectivity index (χ1n) is 7.55. The lowest BCUT2D eigenvalue weighted by molar-refractivity contribution is 0.260. The molecule has 0 amide bonds. The Bertz CT molecular complexity index is 426. The number of anilines is 1. The molecule has 1 atom stereocenters. The van der Waals surface area contributed by atoms with Crippen molar-refractivity contribution in [1.82, 2.24) is 14.9 Å². The summed E-state index contributed by atoms with van der Waals surface area (Å²) in [4.78, 5) is 13.9. The largest absolute Gasteiger partial charge is 0.355 e. The first-order valence-corrected chi connectivity index (χ1v) is 7.55. The Morgan fingerprint density at radius 2 is 1.95 bits per heavy atom. The Labute approximate surface area is 115 Å². The topological polar surface area (TPSA) is 32.3 Å². The molecule has 1 aromatic heterocycles. The van der Waals surface area contributed by atoms with Crippen molar-refractivity contribution in [3.63, 3.8) is 0 Å². The van der Waals surface area contributed by atoms with E-state index in [0.29, 0.717) is 5.92 Å². The summed E-state index contributed by atoms with van der Waals surface area (Å²) in [5.41, 5.74) is 1.15. The lowest BCUT2D eigenvalue weighted by Crippen LogP contribution is -2.35. The highest BCUT2D eigenvalue weighted by Crippen LogP contribution is 2.25. The molecule has 0 aliphatic carbocycles. The minimum atomic E-state index is 0.471. The average Bonchev–Trinajstić information content (AvgIpc) is 3.09. The van der Waals surface area contributed by atoms with Crippen molar-refractivity contribution in [2.45, 2.75) is 45.1 Å². The molecule has 0 N–H and O–H groups in total. The van der Waals surface area contributed by atoms with Crippen LogP contribution in [0.5, 0.6) is 0 Å². The molecular formula is C15H24N4. The second-order valence-corrected chi connectivity index (χ2v) is 6.09. The predicted molar refractivity (Wildman–Crippen MR) is 77.5 cm³/mol. The maximum Gasteiger partial charge on any atom is 0.132 e. The summed E-state index contributed by atoms with van der Waals surface area (Å²) in [5.74, 6) is 1.58. The highest BCUT2D eigenvalue weighted by atomic mass is 15.3. The van der Waals surface area contributed by atoms with E-state index in [1.807, 2.05) is 0 Å². The second-order valence-electron chi connectivity index (χ2n) is 6.09. The van der Waals surface area contributed by atoms with E-state index in [4.69, 9.17) is 0 Å². The lowest BCUT2D eigenvalue weighted by Gasteiger charge is -2.24. The molecule has 2 aliphatic heterocycles. The smallest absolute Gasteiger partial charge is 0.132 e. The van der Waals surface area contributed by atoms with Gasteiger partial charge in [-0.2, -0.15) is 0 Å². The maximum absolute atomic E-state index is 4.46. The van der Waals surface area contributed by atoms with E-state index in [0.717, 1.165) is 30.6 Å². The molecule has 19 heavy (non-hydrogen) atoms. The van der Waals surface area contributed by atoms with Gasteiger partial charge in [-0.25, -0.2) is 9.97 Å². The number of likely N-dealkylation sites (tertiary alicyclic amines) is 1. The fourth-order valence-electron chi connectivity index (χ4n) is 3.20. The van der Waals surface area contributed by atoms with Crippen LogP contribution in [0, 0.1) is 0 Å². The molecule has 3 heterocycles. The molecule has 2 saturated heterocycles. The zero-order chi connectivity index (χ0) is 13.2. The predicted octanol–water partition coefficient (Wildman–Crippen LogP) is 2.27. The van der Waals surface area contributed by atoms with Gasteiger partial charge in [0.25, 0.3) is 0 Å². The highest BCUT2D eigenvalue weighted by molar-refractivity contribution is 5.41. The van der Waals surface area contributed by atoms with Crippen molar-refractivity contribution in [1.29, 1.82) is 0 Å². The van der Waals surface area contributed by atoms with Crippen LogP contribution in [0.15, 0.2) is 12.4 Å². The van der Waals surface area contributed by atoms with Crippen molar-refractivity contribution < 1.29 is 0 Å². The third-order valence-corrected chi connectivity index (χ3v) is 4.41. The van der Waals surface area contributed by atoms with Crippen molar-refractivity contribution in [2.75, 3.05) is 31.1 Å². The van der Waals surface area contributed by atoms with Crippen LogP contribution >= 0.6 is 0 Å². The van der Waals surface area contributed by atoms with Crippen molar-refractivity contribution >= 4 is 5.82 Å². The van der Waals surface area contributed by atoms with Crippen molar-refractivity contribution in [2.24, 2.45) is 0 Å². The lowest BCUT2D eigenvalue weighted by atomic mass is 10.1. The third kappa shape index (κ3) is 2.73. The normalized spacial score (nSPS) is 24.6. The maximum atomic E-state index is 4.46. The van der Waals surface area contributed by atoms with E-state index in [2.05, 4.69) is 39.7 Å². The summed E-state index contributed by atoms with van der Waals surface area (Å²) < 4.78 is 0. The summed E-state index contributed by atoms with van der Waals surface area (Å²) in [7, 11) is 0. The number of nitrogens with zero attached hydrogens (tertiary/aromatic N) is 4. The van der Waals surface area contributed by atoms with Gasteiger partial charge in [0.05, 0.1) is 0 Å². The quantitative estimate of drug-likeness (QED) is 0.834. The minimum absolute atomic E-state index is 0.471. The number of rotatable bonds is 3. The summed E-state index contributed by atoms with van der Waals surface area (Å²) in [6.07, 6.45) is 5.75. The van der Waals surface area contributed by atoms with Crippen LogP contribution in [-0.2, 0) is 0 Å². The molecule has 4 heteroatoms. The summed E-state index contributed by atoms with van der Waals surface area (Å²) in [5, 5.41) is 0. The first-order chi connectivity index (χ1) is 9.24. The molecule has 0 saturated carbocycles. The van der Waals surface area contributed by atoms with Gasteiger partial charge in [-0.1, -0.05) is 13.8 Å². The van der Waals surface area contributed by atoms with Gasteiger partial charge in [-0.3, -0.25) is 4.90 Å². The molecule has 2 aliphatic rings. The fourth-order valence-corrected chi connectivity index (χ4v) is 3.20. The Kier molecular flexibility index (Phi) is 3.69. The Balaban J connectivity index is 1.68. The molecule has 0 aromatic carbocycles. The van der Waals surface area contributed by atoms with Crippen LogP contribution in [0.25, 0.3) is 0 Å². The van der Waals surface area contributed by atoms with Gasteiger partial charge < -0.3 is 4.90 Å². The standard InChI is InChI=1S/C15H24N4/c1-12(2)14-9-15(17-11-16-14)19-8-5-13(10-19)18-6-3-4-7-18/h9,11-13H,3-8,10H2,1-2H3. The molecular weight excluding hydrogens is 236 g/mol. The summed E-state index contributed by atoms with van der Waals surface area (Å²) in [6.45, 7) is 9.22. The van der Waals surface area contributed by atoms with Crippen LogP contribution in [-0.4, -0.2) is 47.1 Å². The molecule has 104 valence electrons. The first kappa shape index (κ1) is 12.9. The number of aromatic nitrogens is 2. The highest BCUT2D eigenvalue weighted by Gasteiger charge is 2.29. The zero-order valence-corrected chi connectivity index (χ0v) is 12.0. The van der Waals surface area contributed by atoms with Crippen LogP contribution in [0.2, 0.25) is 0 Å². The van der Waals surface area contributed by atoms with Crippen LogP contribution in [0.1, 0.15) is 44.7 Å². The van der Waals surface area contributed by atoms with Gasteiger partial charge >= 0.3 is 0 Å². The van der Waals surface area contributed by atoms with E-state index < -0.39 is 0 Å². The molecule has 4 nitrogen and oxygen atoms in total. The SMILES string of the molecule is CC(C)c1cc(N2CCC(N3CCCC3)C2)ncn1. The molecule has 1 aromatic rings. The molecule has 1 unspecified atom stereocenters. The summed E-state index contributed by atoms with van der Waals surface area (Å²) >= 11 is 0. The van der Waals surface area contributed by atoms with Gasteiger partial charge in [0.1, 0.15) is 12.1 Å². The molecule has 3 rings (SSSR count). The van der Waals surface area contributed by atoms with Gasteiger partial charge in [0.2, 0.25) is 0 Å². The van der Waals surface area contributed by atoms with Gasteiger partial charge in [-0.05, 0) is 38.3 Å². The molecule has 0 spiro atoms. The Hall–Kier alpha value is -1.16. The van der Waals surface area contributed by atoms with E-state index in [1.165, 1.54) is 32.4 Å². The van der Waals surface area contributed by atoms with Gasteiger partial charge in [0, 0.05) is 30.9 Å². The van der Waals surface area contributed by atoms with Crippen molar-refractivity contribution in [3.8, 4) is 0 Å². The molecule has 0 radical (unpaired) electrons. The number of hydrogen-bond donors (Lipinski definition) is 0. The minimum Gasteiger partial charge on any atom is -0.355 e. The Morgan fingerprint density at radius 3 is 2.68 bits per heavy atom.